The van der Waals surface area contributed by atoms with E-state index in [9.17, 15) is 0 Å². The average Bonchev–Trinajstić information content (AvgIpc) is 2.33. The summed E-state index contributed by atoms with van der Waals surface area (Å²) in [7, 11) is 0. The van der Waals surface area contributed by atoms with Gasteiger partial charge in [0, 0.05) is 0 Å². The fraction of sp³-hybridized carbons (Fsp3) is 0. The van der Waals surface area contributed by atoms with Crippen LogP contribution in [0.3, 0.4) is 0 Å². The molecule has 52 valence electrons. The Morgan fingerprint density at radius 1 is 1.27 bits per heavy atom. The first-order valence-electron chi connectivity index (χ1n) is 2.80. The van der Waals surface area contributed by atoms with E-state index in [0.29, 0.717) is 0 Å². The molecule has 0 spiro atoms. The van der Waals surface area contributed by atoms with Gasteiger partial charge in [-0.15, -0.1) is 5.39 Å². The van der Waals surface area contributed by atoms with E-state index < -0.39 is 0 Å². The molecule has 0 aliphatic heterocycles. The van der Waals surface area contributed by atoms with Crippen molar-refractivity contribution < 1.29 is 17.0 Å². The standard InChI is InChI=1S/C8H5S.BrH.Mg/c1-2-4-8-7(3-1)5-6-9-8;;/h2-6H;1H;/q-1;;+2/p-1. The van der Waals surface area contributed by atoms with E-state index in [-0.39, 0.29) is 40.0 Å². The maximum absolute atomic E-state index is 3.03. The minimum absolute atomic E-state index is 0. The van der Waals surface area contributed by atoms with E-state index in [4.69, 9.17) is 0 Å². The Bertz CT molecular complexity index is 288. The first kappa shape index (κ1) is 11.4. The third kappa shape index (κ3) is 2.44. The third-order valence-corrected chi connectivity index (χ3v) is 2.19. The third-order valence-electron chi connectivity index (χ3n) is 1.30. The Kier molecular flexibility index (Phi) is 5.34. The van der Waals surface area contributed by atoms with Crippen LogP contribution in [0, 0.1) is 6.07 Å². The van der Waals surface area contributed by atoms with E-state index >= 15 is 0 Å². The van der Waals surface area contributed by atoms with Crippen LogP contribution in [0.5, 0.6) is 0 Å². The van der Waals surface area contributed by atoms with Gasteiger partial charge in [0.1, 0.15) is 0 Å². The summed E-state index contributed by atoms with van der Waals surface area (Å²) in [4.78, 5) is 0. The Morgan fingerprint density at radius 3 is 2.82 bits per heavy atom. The van der Waals surface area contributed by atoms with Crippen molar-refractivity contribution in [3.8, 4) is 0 Å². The predicted molar refractivity (Wildman–Crippen MR) is 46.4 cm³/mol. The van der Waals surface area contributed by atoms with Gasteiger partial charge in [0.05, 0.1) is 0 Å². The normalized spacial score (nSPS) is 8.36. The predicted octanol–water partition coefficient (Wildman–Crippen LogP) is -0.675. The van der Waals surface area contributed by atoms with Crippen LogP contribution in [-0.2, 0) is 0 Å². The van der Waals surface area contributed by atoms with Gasteiger partial charge in [-0.1, -0.05) is 10.8 Å². The summed E-state index contributed by atoms with van der Waals surface area (Å²) < 4.78 is 1.34. The quantitative estimate of drug-likeness (QED) is 0.421. The van der Waals surface area contributed by atoms with Gasteiger partial charge in [0.25, 0.3) is 0 Å². The van der Waals surface area contributed by atoms with Crippen molar-refractivity contribution in [1.29, 1.82) is 0 Å². The van der Waals surface area contributed by atoms with Crippen LogP contribution in [0.1, 0.15) is 0 Å². The van der Waals surface area contributed by atoms with Gasteiger partial charge >= 0.3 is 23.1 Å². The number of thiophene rings is 1. The molecular weight excluding hydrogens is 232 g/mol. The summed E-state index contributed by atoms with van der Waals surface area (Å²) in [6, 6.07) is 11.2. The van der Waals surface area contributed by atoms with Gasteiger partial charge in [-0.05, 0) is 5.38 Å². The molecule has 1 aromatic heterocycles. The summed E-state index contributed by atoms with van der Waals surface area (Å²) in [5.74, 6) is 0. The largest absolute Gasteiger partial charge is 2.00 e. The Morgan fingerprint density at radius 2 is 2.09 bits per heavy atom. The van der Waals surface area contributed by atoms with Gasteiger partial charge < -0.3 is 17.0 Å². The number of hydrogen-bond acceptors (Lipinski definition) is 1. The maximum atomic E-state index is 3.03. The smallest absolute Gasteiger partial charge is 1.00 e. The van der Waals surface area contributed by atoms with Crippen molar-refractivity contribution in [2.24, 2.45) is 0 Å². The molecule has 1 aromatic carbocycles. The van der Waals surface area contributed by atoms with Crippen LogP contribution >= 0.6 is 11.3 Å². The molecule has 0 bridgehead atoms. The number of rotatable bonds is 0. The molecule has 0 amide bonds. The van der Waals surface area contributed by atoms with Crippen molar-refractivity contribution in [3.63, 3.8) is 0 Å². The van der Waals surface area contributed by atoms with Gasteiger partial charge in [-0.2, -0.15) is 35.6 Å². The van der Waals surface area contributed by atoms with E-state index in [2.05, 4.69) is 23.6 Å². The molecule has 2 aromatic rings. The molecule has 0 nitrogen and oxygen atoms in total. The zero-order valence-corrected chi connectivity index (χ0v) is 9.70. The molecule has 11 heavy (non-hydrogen) atoms. The first-order chi connectivity index (χ1) is 4.47. The average molecular weight is 237 g/mol. The molecule has 0 radical (unpaired) electrons. The van der Waals surface area contributed by atoms with Crippen LogP contribution in [0.25, 0.3) is 10.1 Å². The number of hydrogen-bond donors (Lipinski definition) is 0. The summed E-state index contributed by atoms with van der Waals surface area (Å²) in [6.45, 7) is 0. The van der Waals surface area contributed by atoms with Crippen LogP contribution in [0.4, 0.5) is 0 Å². The second-order valence-electron chi connectivity index (χ2n) is 1.88. The zero-order valence-electron chi connectivity index (χ0n) is 5.88. The molecule has 0 saturated carbocycles. The molecule has 1 heterocycles. The first-order valence-corrected chi connectivity index (χ1v) is 3.68. The maximum Gasteiger partial charge on any atom is 2.00 e. The minimum atomic E-state index is 0. The Balaban J connectivity index is 0.000000500. The topological polar surface area (TPSA) is 0 Å². The molecule has 0 saturated heterocycles. The second kappa shape index (κ2) is 5.14. The van der Waals surface area contributed by atoms with E-state index in [1.54, 1.807) is 11.3 Å². The van der Waals surface area contributed by atoms with Gasteiger partial charge in [-0.25, -0.2) is 0 Å². The molecular formula is C8H5BrMgS. The van der Waals surface area contributed by atoms with Gasteiger partial charge in [0.2, 0.25) is 0 Å². The summed E-state index contributed by atoms with van der Waals surface area (Å²) in [5.41, 5.74) is 0. The molecule has 0 atom stereocenters. The van der Waals surface area contributed by atoms with E-state index in [1.165, 1.54) is 10.1 Å². The monoisotopic (exact) mass is 236 g/mol. The van der Waals surface area contributed by atoms with Crippen molar-refractivity contribution in [3.05, 3.63) is 35.7 Å². The Hall–Kier alpha value is 0.426. The summed E-state index contributed by atoms with van der Waals surface area (Å²) in [5, 5.41) is 3.39. The van der Waals surface area contributed by atoms with Crippen LogP contribution in [0.2, 0.25) is 0 Å². The molecule has 3 heteroatoms. The molecule has 0 unspecified atom stereocenters. The van der Waals surface area contributed by atoms with Gasteiger partial charge in [0.15, 0.2) is 0 Å². The SMILES string of the molecule is [Br-].[Mg+2].[c-]1ccc2sccc2c1. The van der Waals surface area contributed by atoms with Crippen LogP contribution < -0.4 is 17.0 Å². The number of fused-ring (bicyclic) bond motifs is 1. The Labute approximate surface area is 96.5 Å². The summed E-state index contributed by atoms with van der Waals surface area (Å²) >= 11 is 1.77. The molecule has 0 fully saturated rings. The van der Waals surface area contributed by atoms with Crippen LogP contribution in [0.15, 0.2) is 29.6 Å². The molecule has 0 aliphatic rings. The van der Waals surface area contributed by atoms with E-state index in [0.717, 1.165) is 0 Å². The van der Waals surface area contributed by atoms with Crippen molar-refractivity contribution in [2.45, 2.75) is 0 Å². The minimum Gasteiger partial charge on any atom is -1.00 e. The molecule has 2 rings (SSSR count). The fourth-order valence-electron chi connectivity index (χ4n) is 0.847. The van der Waals surface area contributed by atoms with Crippen LogP contribution in [-0.4, -0.2) is 23.1 Å². The second-order valence-corrected chi connectivity index (χ2v) is 2.83. The molecule has 0 N–H and O–H groups in total. The zero-order chi connectivity index (χ0) is 6.10. The van der Waals surface area contributed by atoms with Crippen molar-refractivity contribution in [1.82, 2.24) is 0 Å². The molecule has 0 aliphatic carbocycles. The van der Waals surface area contributed by atoms with E-state index in [1.807, 2.05) is 12.1 Å². The summed E-state index contributed by atoms with van der Waals surface area (Å²) in [6.07, 6.45) is 0. The van der Waals surface area contributed by atoms with Crippen molar-refractivity contribution >= 4 is 44.5 Å². The fourth-order valence-corrected chi connectivity index (χ4v) is 1.62. The van der Waals surface area contributed by atoms with Crippen molar-refractivity contribution in [2.75, 3.05) is 0 Å². The number of benzene rings is 1. The number of halogens is 1. The van der Waals surface area contributed by atoms with Gasteiger partial charge in [-0.3, -0.25) is 0 Å².